The molecule has 3 aromatic carbocycles. The van der Waals surface area contributed by atoms with Crippen molar-refractivity contribution in [3.63, 3.8) is 0 Å². The summed E-state index contributed by atoms with van der Waals surface area (Å²) in [7, 11) is 0. The molecule has 2 aliphatic rings. The quantitative estimate of drug-likeness (QED) is 0.432. The van der Waals surface area contributed by atoms with Gasteiger partial charge in [-0.2, -0.15) is 0 Å². The molecule has 3 aromatic rings. The van der Waals surface area contributed by atoms with Crippen LogP contribution in [-0.4, -0.2) is 24.4 Å². The number of hydrogen-bond donors (Lipinski definition) is 3. The van der Waals surface area contributed by atoms with Gasteiger partial charge in [0.25, 0.3) is 5.91 Å². The lowest BCUT2D eigenvalue weighted by atomic mass is 9.96. The first-order chi connectivity index (χ1) is 16.0. The lowest BCUT2D eigenvalue weighted by molar-refractivity contribution is -0.121. The standard InChI is InChI=1S/C27H28BrN3O2/c28-20-14-18-6-1-3-9-22(18)24(15-20)27(11-12-27)31-26(33)23-10-4-2-7-19(23)17-30-25(32)16-21-8-5-13-29-21/h1-4,6-7,9-10,14-15,21,29H,5,8,11-13,16-17H2,(H,30,32)(H,31,33). The molecule has 2 fully saturated rings. The molecule has 2 amide bonds. The maximum atomic E-state index is 13.4. The number of benzene rings is 3. The Balaban J connectivity index is 1.32. The first-order valence-corrected chi connectivity index (χ1v) is 12.4. The first-order valence-electron chi connectivity index (χ1n) is 11.6. The fourth-order valence-electron chi connectivity index (χ4n) is 4.86. The molecule has 6 heteroatoms. The van der Waals surface area contributed by atoms with Gasteiger partial charge in [0, 0.05) is 29.0 Å². The van der Waals surface area contributed by atoms with Gasteiger partial charge in [-0.3, -0.25) is 9.59 Å². The van der Waals surface area contributed by atoms with Gasteiger partial charge in [-0.15, -0.1) is 0 Å². The number of fused-ring (bicyclic) bond motifs is 1. The summed E-state index contributed by atoms with van der Waals surface area (Å²) in [4.78, 5) is 25.8. The summed E-state index contributed by atoms with van der Waals surface area (Å²) in [5, 5.41) is 12.0. The number of nitrogens with one attached hydrogen (secondary N) is 3. The van der Waals surface area contributed by atoms with E-state index in [1.165, 1.54) is 5.39 Å². The molecule has 0 spiro atoms. The molecule has 1 unspecified atom stereocenters. The van der Waals surface area contributed by atoms with Crippen molar-refractivity contribution in [3.8, 4) is 0 Å². The van der Waals surface area contributed by atoms with Crippen molar-refractivity contribution in [3.05, 3.63) is 81.8 Å². The second-order valence-electron chi connectivity index (χ2n) is 9.14. The monoisotopic (exact) mass is 505 g/mol. The van der Waals surface area contributed by atoms with Crippen LogP contribution in [0.2, 0.25) is 0 Å². The summed E-state index contributed by atoms with van der Waals surface area (Å²) < 4.78 is 1.01. The largest absolute Gasteiger partial charge is 0.352 e. The van der Waals surface area contributed by atoms with Crippen molar-refractivity contribution in [2.24, 2.45) is 0 Å². The topological polar surface area (TPSA) is 70.2 Å². The van der Waals surface area contributed by atoms with E-state index in [0.717, 1.165) is 53.2 Å². The zero-order valence-corrected chi connectivity index (χ0v) is 20.1. The Morgan fingerprint density at radius 1 is 1.06 bits per heavy atom. The minimum atomic E-state index is -0.356. The molecule has 0 radical (unpaired) electrons. The van der Waals surface area contributed by atoms with Gasteiger partial charge in [0.15, 0.2) is 0 Å². The maximum Gasteiger partial charge on any atom is 0.252 e. The molecule has 1 heterocycles. The van der Waals surface area contributed by atoms with Gasteiger partial charge in [-0.25, -0.2) is 0 Å². The Morgan fingerprint density at radius 3 is 2.64 bits per heavy atom. The first kappa shape index (κ1) is 22.1. The van der Waals surface area contributed by atoms with Crippen molar-refractivity contribution >= 4 is 38.5 Å². The average molecular weight is 506 g/mol. The number of amides is 2. The Bertz CT molecular complexity index is 1200. The van der Waals surface area contributed by atoms with Gasteiger partial charge in [0.1, 0.15) is 0 Å². The van der Waals surface area contributed by atoms with Gasteiger partial charge >= 0.3 is 0 Å². The average Bonchev–Trinajstić information content (AvgIpc) is 3.41. The van der Waals surface area contributed by atoms with Crippen LogP contribution in [0.25, 0.3) is 10.8 Å². The van der Waals surface area contributed by atoms with Crippen molar-refractivity contribution in [1.82, 2.24) is 16.0 Å². The summed E-state index contributed by atoms with van der Waals surface area (Å²) in [6.07, 6.45) is 4.46. The van der Waals surface area contributed by atoms with Crippen molar-refractivity contribution in [2.45, 2.75) is 50.2 Å². The molecule has 1 atom stereocenters. The van der Waals surface area contributed by atoms with Gasteiger partial charge in [-0.05, 0) is 72.3 Å². The highest BCUT2D eigenvalue weighted by Gasteiger charge is 2.47. The van der Waals surface area contributed by atoms with Crippen LogP contribution < -0.4 is 16.0 Å². The lowest BCUT2D eigenvalue weighted by Crippen LogP contribution is -2.36. The van der Waals surface area contributed by atoms with E-state index in [1.807, 2.05) is 36.4 Å². The molecule has 1 aliphatic heterocycles. The number of halogens is 1. The summed E-state index contributed by atoms with van der Waals surface area (Å²) >= 11 is 3.63. The minimum Gasteiger partial charge on any atom is -0.352 e. The van der Waals surface area contributed by atoms with Gasteiger partial charge < -0.3 is 16.0 Å². The fraction of sp³-hybridized carbons (Fsp3) is 0.333. The molecule has 0 aromatic heterocycles. The Morgan fingerprint density at radius 2 is 1.85 bits per heavy atom. The Hall–Kier alpha value is -2.70. The smallest absolute Gasteiger partial charge is 0.252 e. The van der Waals surface area contributed by atoms with Crippen LogP contribution in [-0.2, 0) is 16.9 Å². The van der Waals surface area contributed by atoms with E-state index in [-0.39, 0.29) is 23.4 Å². The van der Waals surface area contributed by atoms with Crippen molar-refractivity contribution < 1.29 is 9.59 Å². The molecule has 1 saturated carbocycles. The van der Waals surface area contributed by atoms with Crippen molar-refractivity contribution in [1.29, 1.82) is 0 Å². The molecule has 3 N–H and O–H groups in total. The van der Waals surface area contributed by atoms with E-state index >= 15 is 0 Å². The summed E-state index contributed by atoms with van der Waals surface area (Å²) in [5.41, 5.74) is 2.24. The third kappa shape index (κ3) is 4.82. The fourth-order valence-corrected chi connectivity index (χ4v) is 5.33. The zero-order chi connectivity index (χ0) is 22.8. The highest BCUT2D eigenvalue weighted by molar-refractivity contribution is 9.10. The van der Waals surface area contributed by atoms with E-state index in [1.54, 1.807) is 0 Å². The van der Waals surface area contributed by atoms with Crippen LogP contribution >= 0.6 is 15.9 Å². The highest BCUT2D eigenvalue weighted by atomic mass is 79.9. The summed E-state index contributed by atoms with van der Waals surface area (Å²) in [6, 6.07) is 20.3. The predicted octanol–water partition coefficient (Wildman–Crippen LogP) is 4.78. The second-order valence-corrected chi connectivity index (χ2v) is 10.1. The zero-order valence-electron chi connectivity index (χ0n) is 18.5. The van der Waals surface area contributed by atoms with E-state index in [0.29, 0.717) is 18.5 Å². The van der Waals surface area contributed by atoms with Gasteiger partial charge in [-0.1, -0.05) is 58.4 Å². The third-order valence-corrected chi connectivity index (χ3v) is 7.23. The van der Waals surface area contributed by atoms with Crippen LogP contribution in [0.4, 0.5) is 0 Å². The SMILES string of the molecule is O=C(CC1CCCN1)NCc1ccccc1C(=O)NC1(c2cc(Br)cc3ccccc23)CC1. The molecule has 5 nitrogen and oxygen atoms in total. The van der Waals surface area contributed by atoms with Gasteiger partial charge in [0.05, 0.1) is 5.54 Å². The molecule has 1 saturated heterocycles. The van der Waals surface area contributed by atoms with Gasteiger partial charge in [0.2, 0.25) is 5.91 Å². The van der Waals surface area contributed by atoms with E-state index in [2.05, 4.69) is 56.1 Å². The highest BCUT2D eigenvalue weighted by Crippen LogP contribution is 2.49. The summed E-state index contributed by atoms with van der Waals surface area (Å²) in [5.74, 6) is -0.0808. The van der Waals surface area contributed by atoms with E-state index < -0.39 is 0 Å². The molecule has 0 bridgehead atoms. The van der Waals surface area contributed by atoms with Crippen molar-refractivity contribution in [2.75, 3.05) is 6.54 Å². The molecule has 5 rings (SSSR count). The van der Waals surface area contributed by atoms with Crippen LogP contribution in [0.5, 0.6) is 0 Å². The van der Waals surface area contributed by atoms with E-state index in [9.17, 15) is 9.59 Å². The Labute approximate surface area is 202 Å². The summed E-state index contributed by atoms with van der Waals surface area (Å²) in [6.45, 7) is 1.33. The Kier molecular flexibility index (Phi) is 6.21. The number of carbonyl (C=O) groups excluding carboxylic acids is 2. The van der Waals surface area contributed by atoms with Crippen LogP contribution in [0, 0.1) is 0 Å². The third-order valence-electron chi connectivity index (χ3n) is 6.78. The molecule has 1 aliphatic carbocycles. The lowest BCUT2D eigenvalue weighted by Gasteiger charge is -2.22. The van der Waals surface area contributed by atoms with Crippen LogP contribution in [0.3, 0.4) is 0 Å². The molecular formula is C27H28BrN3O2. The molecule has 33 heavy (non-hydrogen) atoms. The van der Waals surface area contributed by atoms with E-state index in [4.69, 9.17) is 0 Å². The number of rotatable bonds is 7. The predicted molar refractivity (Wildman–Crippen MR) is 134 cm³/mol. The molecular weight excluding hydrogens is 478 g/mol. The number of hydrogen-bond acceptors (Lipinski definition) is 3. The van der Waals surface area contributed by atoms with Crippen LogP contribution in [0.1, 0.15) is 53.6 Å². The molecule has 170 valence electrons. The van der Waals surface area contributed by atoms with Crippen LogP contribution in [0.15, 0.2) is 65.1 Å². The maximum absolute atomic E-state index is 13.4. The second kappa shape index (κ2) is 9.27. The normalized spacial score (nSPS) is 18.8. The number of carbonyl (C=O) groups is 2. The minimum absolute atomic E-state index is 0.0175.